The first-order valence-corrected chi connectivity index (χ1v) is 7.27. The molecule has 2 unspecified atom stereocenters. The fraction of sp³-hybridized carbons (Fsp3) is 0.533. The van der Waals surface area contributed by atoms with Crippen LogP contribution in [0.5, 0.6) is 0 Å². The van der Waals surface area contributed by atoms with Crippen LogP contribution >= 0.6 is 0 Å². The number of rotatable bonds is 4. The van der Waals surface area contributed by atoms with Gasteiger partial charge in [0, 0.05) is 6.07 Å². The molecule has 2 N–H and O–H groups in total. The Morgan fingerprint density at radius 2 is 2.14 bits per heavy atom. The van der Waals surface area contributed by atoms with Gasteiger partial charge in [0.15, 0.2) is 0 Å². The van der Waals surface area contributed by atoms with Crippen molar-refractivity contribution in [3.63, 3.8) is 0 Å². The molecule has 1 fully saturated rings. The van der Waals surface area contributed by atoms with E-state index in [1.54, 1.807) is 0 Å². The average molecular weight is 292 g/mol. The second kappa shape index (κ2) is 6.56. The molecule has 114 valence electrons. The van der Waals surface area contributed by atoms with E-state index < -0.39 is 10.9 Å². The molecule has 0 aromatic heterocycles. The van der Waals surface area contributed by atoms with Gasteiger partial charge in [-0.25, -0.2) is 4.79 Å². The molecule has 0 radical (unpaired) electrons. The van der Waals surface area contributed by atoms with Crippen LogP contribution in [0.15, 0.2) is 18.2 Å². The number of hydrogen-bond acceptors (Lipinski definition) is 5. The van der Waals surface area contributed by atoms with Crippen LogP contribution in [0, 0.1) is 16.0 Å². The molecule has 0 saturated heterocycles. The zero-order valence-corrected chi connectivity index (χ0v) is 12.1. The van der Waals surface area contributed by atoms with Crippen LogP contribution in [-0.4, -0.2) is 17.0 Å². The Morgan fingerprint density at radius 3 is 2.81 bits per heavy atom. The van der Waals surface area contributed by atoms with Crippen molar-refractivity contribution in [2.45, 2.75) is 45.1 Å². The van der Waals surface area contributed by atoms with Crippen LogP contribution in [0.4, 0.5) is 11.4 Å². The minimum atomic E-state index is -0.596. The van der Waals surface area contributed by atoms with Gasteiger partial charge in [0.25, 0.3) is 5.69 Å². The van der Waals surface area contributed by atoms with Crippen LogP contribution in [0.1, 0.15) is 49.4 Å². The molecule has 0 amide bonds. The Labute approximate surface area is 123 Å². The van der Waals surface area contributed by atoms with E-state index >= 15 is 0 Å². The number of hydrogen-bond donors (Lipinski definition) is 1. The SMILES string of the molecule is CCC1CCCCC1OC(=O)c1ccc(N)c([N+](=O)[O-])c1. The largest absolute Gasteiger partial charge is 0.458 e. The Balaban J connectivity index is 2.13. The smallest absolute Gasteiger partial charge is 0.338 e. The van der Waals surface area contributed by atoms with Gasteiger partial charge in [0.05, 0.1) is 10.5 Å². The van der Waals surface area contributed by atoms with Gasteiger partial charge in [-0.1, -0.05) is 13.3 Å². The number of nitrogens with two attached hydrogens (primary N) is 1. The van der Waals surface area contributed by atoms with Gasteiger partial charge in [0.2, 0.25) is 0 Å². The fourth-order valence-electron chi connectivity index (χ4n) is 2.83. The number of nitro benzene ring substituents is 1. The number of nitrogens with zero attached hydrogens (tertiary/aromatic N) is 1. The first-order valence-electron chi connectivity index (χ1n) is 7.27. The van der Waals surface area contributed by atoms with Gasteiger partial charge < -0.3 is 10.5 Å². The number of carbonyl (C=O) groups excluding carboxylic acids is 1. The van der Waals surface area contributed by atoms with Crippen molar-refractivity contribution in [1.82, 2.24) is 0 Å². The van der Waals surface area contributed by atoms with E-state index in [1.165, 1.54) is 24.6 Å². The number of carbonyl (C=O) groups is 1. The van der Waals surface area contributed by atoms with Crippen molar-refractivity contribution < 1.29 is 14.5 Å². The van der Waals surface area contributed by atoms with Crippen molar-refractivity contribution in [2.75, 3.05) is 5.73 Å². The summed E-state index contributed by atoms with van der Waals surface area (Å²) in [7, 11) is 0. The molecule has 2 atom stereocenters. The molecule has 0 spiro atoms. The predicted molar refractivity (Wildman–Crippen MR) is 79.0 cm³/mol. The normalized spacial score (nSPS) is 21.8. The van der Waals surface area contributed by atoms with Crippen molar-refractivity contribution in [2.24, 2.45) is 5.92 Å². The maximum absolute atomic E-state index is 12.2. The maximum Gasteiger partial charge on any atom is 0.338 e. The summed E-state index contributed by atoms with van der Waals surface area (Å²) in [5.41, 5.74) is 5.48. The molecule has 1 aromatic carbocycles. The van der Waals surface area contributed by atoms with Gasteiger partial charge >= 0.3 is 5.97 Å². The standard InChI is InChI=1S/C15H20N2O4/c1-2-10-5-3-4-6-14(10)21-15(18)11-7-8-12(16)13(9-11)17(19)20/h7-10,14H,2-6,16H2,1H3. The molecule has 1 aliphatic carbocycles. The molecule has 0 heterocycles. The summed E-state index contributed by atoms with van der Waals surface area (Å²) in [4.78, 5) is 22.4. The molecule has 1 aliphatic rings. The van der Waals surface area contributed by atoms with Gasteiger partial charge in [-0.05, 0) is 43.7 Å². The van der Waals surface area contributed by atoms with Crippen LogP contribution in [0.2, 0.25) is 0 Å². The lowest BCUT2D eigenvalue weighted by Crippen LogP contribution is -2.29. The summed E-state index contributed by atoms with van der Waals surface area (Å²) in [6.07, 6.45) is 5.03. The van der Waals surface area contributed by atoms with Crippen LogP contribution < -0.4 is 5.73 Å². The lowest BCUT2D eigenvalue weighted by Gasteiger charge is -2.30. The second-order valence-corrected chi connectivity index (χ2v) is 5.43. The van der Waals surface area contributed by atoms with Crippen molar-refractivity contribution >= 4 is 17.3 Å². The number of esters is 1. The molecule has 0 bridgehead atoms. The van der Waals surface area contributed by atoms with E-state index in [4.69, 9.17) is 10.5 Å². The van der Waals surface area contributed by atoms with E-state index in [0.29, 0.717) is 5.92 Å². The lowest BCUT2D eigenvalue weighted by atomic mass is 9.85. The minimum absolute atomic E-state index is 0.0423. The Kier molecular flexibility index (Phi) is 4.77. The van der Waals surface area contributed by atoms with E-state index in [2.05, 4.69) is 6.92 Å². The van der Waals surface area contributed by atoms with Crippen LogP contribution in [-0.2, 0) is 4.74 Å². The molecular formula is C15H20N2O4. The highest BCUT2D eigenvalue weighted by atomic mass is 16.6. The summed E-state index contributed by atoms with van der Waals surface area (Å²) < 4.78 is 5.55. The number of anilines is 1. The number of ether oxygens (including phenoxy) is 1. The Hall–Kier alpha value is -2.11. The van der Waals surface area contributed by atoms with E-state index in [1.807, 2.05) is 0 Å². The van der Waals surface area contributed by atoms with Gasteiger partial charge in [0.1, 0.15) is 11.8 Å². The molecule has 6 heteroatoms. The maximum atomic E-state index is 12.2. The van der Waals surface area contributed by atoms with Gasteiger partial charge in [-0.2, -0.15) is 0 Å². The minimum Gasteiger partial charge on any atom is -0.458 e. The van der Waals surface area contributed by atoms with Crippen LogP contribution in [0.25, 0.3) is 0 Å². The zero-order valence-electron chi connectivity index (χ0n) is 12.1. The third-order valence-electron chi connectivity index (χ3n) is 4.08. The highest BCUT2D eigenvalue weighted by Gasteiger charge is 2.28. The number of nitrogen functional groups attached to an aromatic ring is 1. The summed E-state index contributed by atoms with van der Waals surface area (Å²) in [5, 5.41) is 10.9. The summed E-state index contributed by atoms with van der Waals surface area (Å²) >= 11 is 0. The summed E-state index contributed by atoms with van der Waals surface area (Å²) in [5.74, 6) is -0.130. The summed E-state index contributed by atoms with van der Waals surface area (Å²) in [6, 6.07) is 4.02. The summed E-state index contributed by atoms with van der Waals surface area (Å²) in [6.45, 7) is 2.09. The average Bonchev–Trinajstić information content (AvgIpc) is 2.47. The fourth-order valence-corrected chi connectivity index (χ4v) is 2.83. The molecule has 1 aromatic rings. The van der Waals surface area contributed by atoms with Gasteiger partial charge in [-0.3, -0.25) is 10.1 Å². The third kappa shape index (κ3) is 3.51. The first kappa shape index (κ1) is 15.3. The quantitative estimate of drug-likeness (QED) is 0.397. The van der Waals surface area contributed by atoms with Crippen molar-refractivity contribution in [3.05, 3.63) is 33.9 Å². The molecule has 2 rings (SSSR count). The van der Waals surface area contributed by atoms with Crippen molar-refractivity contribution in [3.8, 4) is 0 Å². The molecule has 6 nitrogen and oxygen atoms in total. The van der Waals surface area contributed by atoms with Gasteiger partial charge in [-0.15, -0.1) is 0 Å². The number of nitro groups is 1. The third-order valence-corrected chi connectivity index (χ3v) is 4.08. The Bertz CT molecular complexity index is 544. The highest BCUT2D eigenvalue weighted by molar-refractivity contribution is 5.91. The van der Waals surface area contributed by atoms with E-state index in [-0.39, 0.29) is 23.0 Å². The zero-order chi connectivity index (χ0) is 15.4. The molecular weight excluding hydrogens is 272 g/mol. The first-order chi connectivity index (χ1) is 10.0. The lowest BCUT2D eigenvalue weighted by molar-refractivity contribution is -0.383. The second-order valence-electron chi connectivity index (χ2n) is 5.43. The molecule has 0 aliphatic heterocycles. The predicted octanol–water partition coefficient (Wildman–Crippen LogP) is 3.30. The molecule has 1 saturated carbocycles. The van der Waals surface area contributed by atoms with E-state index in [0.717, 1.165) is 25.7 Å². The molecule has 21 heavy (non-hydrogen) atoms. The highest BCUT2D eigenvalue weighted by Crippen LogP contribution is 2.30. The van der Waals surface area contributed by atoms with E-state index in [9.17, 15) is 14.9 Å². The monoisotopic (exact) mass is 292 g/mol. The topological polar surface area (TPSA) is 95.5 Å². The van der Waals surface area contributed by atoms with Crippen LogP contribution in [0.3, 0.4) is 0 Å². The van der Waals surface area contributed by atoms with Crippen molar-refractivity contribution in [1.29, 1.82) is 0 Å². The number of benzene rings is 1. The Morgan fingerprint density at radius 1 is 1.43 bits per heavy atom.